The van der Waals surface area contributed by atoms with Crippen molar-refractivity contribution in [2.45, 2.75) is 13.2 Å². The van der Waals surface area contributed by atoms with E-state index in [0.717, 1.165) is 22.6 Å². The van der Waals surface area contributed by atoms with Gasteiger partial charge in [-0.1, -0.05) is 12.1 Å². The Bertz CT molecular complexity index is 815. The van der Waals surface area contributed by atoms with Gasteiger partial charge in [0.2, 0.25) is 0 Å². The van der Waals surface area contributed by atoms with Crippen LogP contribution < -0.4 is 9.64 Å². The topological polar surface area (TPSA) is 39.0 Å². The quantitative estimate of drug-likeness (QED) is 0.612. The van der Waals surface area contributed by atoms with E-state index in [-0.39, 0.29) is 6.61 Å². The predicted octanol–water partition coefficient (Wildman–Crippen LogP) is 3.78. The van der Waals surface area contributed by atoms with Gasteiger partial charge in [0.15, 0.2) is 6.29 Å². The third kappa shape index (κ3) is 3.74. The molecule has 0 N–H and O–H groups in total. The molecule has 1 atom stereocenters. The van der Waals surface area contributed by atoms with Crippen LogP contribution in [0.3, 0.4) is 0 Å². The van der Waals surface area contributed by atoms with Crippen molar-refractivity contribution in [3.8, 4) is 17.0 Å². The van der Waals surface area contributed by atoms with Gasteiger partial charge in [-0.2, -0.15) is 0 Å². The van der Waals surface area contributed by atoms with E-state index in [1.54, 1.807) is 6.92 Å². The molecule has 0 saturated carbocycles. The molecule has 0 bridgehead atoms. The number of nitrogens with zero attached hydrogens (tertiary/aromatic N) is 3. The Labute approximate surface area is 146 Å². The second-order valence-electron chi connectivity index (χ2n) is 5.88. The summed E-state index contributed by atoms with van der Waals surface area (Å²) in [6.07, 6.45) is 3.37. The first-order valence-electron chi connectivity index (χ1n) is 8.19. The second kappa shape index (κ2) is 7.53. The molecule has 0 spiro atoms. The molecule has 0 aliphatic rings. The fourth-order valence-corrected chi connectivity index (χ4v) is 2.73. The van der Waals surface area contributed by atoms with Crippen LogP contribution in [0.1, 0.15) is 6.92 Å². The van der Waals surface area contributed by atoms with Crippen LogP contribution in [0.15, 0.2) is 48.8 Å². The van der Waals surface area contributed by atoms with Crippen LogP contribution in [0.2, 0.25) is 0 Å². The third-order valence-corrected chi connectivity index (χ3v) is 3.83. The fraction of sp³-hybridized carbons (Fsp3) is 0.316. The number of fused-ring (bicyclic) bond motifs is 1. The third-order valence-electron chi connectivity index (χ3n) is 3.83. The summed E-state index contributed by atoms with van der Waals surface area (Å²) in [7, 11) is 3.95. The SMILES string of the molecule is CC(OCCF)Oc1cccc(N(C)C)c1-c1cn2ccccc2n1. The number of halogens is 1. The summed E-state index contributed by atoms with van der Waals surface area (Å²) in [6.45, 7) is 1.23. The molecule has 3 aromatic rings. The number of aromatic nitrogens is 2. The average molecular weight is 343 g/mol. The molecular formula is C19H22FN3O2. The number of benzene rings is 1. The maximum Gasteiger partial charge on any atom is 0.197 e. The molecule has 25 heavy (non-hydrogen) atoms. The molecule has 0 saturated heterocycles. The number of pyridine rings is 1. The van der Waals surface area contributed by atoms with Crippen LogP contribution in [0.4, 0.5) is 10.1 Å². The van der Waals surface area contributed by atoms with Crippen LogP contribution in [-0.2, 0) is 4.74 Å². The molecule has 0 amide bonds. The van der Waals surface area contributed by atoms with Crippen LogP contribution in [0.5, 0.6) is 5.75 Å². The molecular weight excluding hydrogens is 321 g/mol. The van der Waals surface area contributed by atoms with Gasteiger partial charge in [-0.25, -0.2) is 9.37 Å². The highest BCUT2D eigenvalue weighted by atomic mass is 19.1. The number of hydrogen-bond donors (Lipinski definition) is 0. The molecule has 6 heteroatoms. The maximum absolute atomic E-state index is 12.3. The molecule has 0 aliphatic carbocycles. The molecule has 0 radical (unpaired) electrons. The first-order chi connectivity index (χ1) is 12.1. The lowest BCUT2D eigenvalue weighted by atomic mass is 10.1. The molecule has 3 rings (SSSR count). The summed E-state index contributed by atoms with van der Waals surface area (Å²) < 4.78 is 25.5. The van der Waals surface area contributed by atoms with Gasteiger partial charge in [0.25, 0.3) is 0 Å². The molecule has 2 aromatic heterocycles. The Morgan fingerprint density at radius 3 is 2.76 bits per heavy atom. The lowest BCUT2D eigenvalue weighted by Gasteiger charge is -2.22. The van der Waals surface area contributed by atoms with Crippen molar-refractivity contribution in [3.63, 3.8) is 0 Å². The average Bonchev–Trinajstić information content (AvgIpc) is 3.03. The summed E-state index contributed by atoms with van der Waals surface area (Å²) in [4.78, 5) is 6.72. The zero-order valence-corrected chi connectivity index (χ0v) is 14.6. The van der Waals surface area contributed by atoms with E-state index in [1.807, 2.05) is 72.2 Å². The van der Waals surface area contributed by atoms with Crippen molar-refractivity contribution < 1.29 is 13.9 Å². The minimum atomic E-state index is -0.552. The van der Waals surface area contributed by atoms with Crippen molar-refractivity contribution >= 4 is 11.3 Å². The molecule has 1 unspecified atom stereocenters. The van der Waals surface area contributed by atoms with Crippen molar-refractivity contribution in [1.82, 2.24) is 9.38 Å². The molecule has 132 valence electrons. The summed E-state index contributed by atoms with van der Waals surface area (Å²) in [5, 5.41) is 0. The minimum absolute atomic E-state index is 0.0121. The summed E-state index contributed by atoms with van der Waals surface area (Å²) in [5.74, 6) is 0.654. The van der Waals surface area contributed by atoms with Gasteiger partial charge in [-0.3, -0.25) is 0 Å². The molecule has 5 nitrogen and oxygen atoms in total. The van der Waals surface area contributed by atoms with Crippen LogP contribution in [0, 0.1) is 0 Å². The van der Waals surface area contributed by atoms with Gasteiger partial charge in [-0.05, 0) is 31.2 Å². The van der Waals surface area contributed by atoms with Crippen LogP contribution >= 0.6 is 0 Å². The van der Waals surface area contributed by atoms with Gasteiger partial charge < -0.3 is 18.8 Å². The maximum atomic E-state index is 12.3. The Balaban J connectivity index is 2.05. The van der Waals surface area contributed by atoms with E-state index in [2.05, 4.69) is 0 Å². The van der Waals surface area contributed by atoms with E-state index in [1.165, 1.54) is 0 Å². The first-order valence-corrected chi connectivity index (χ1v) is 8.19. The van der Waals surface area contributed by atoms with Crippen LogP contribution in [0.25, 0.3) is 16.9 Å². The minimum Gasteiger partial charge on any atom is -0.464 e. The largest absolute Gasteiger partial charge is 0.464 e. The van der Waals surface area contributed by atoms with Gasteiger partial charge in [0.1, 0.15) is 18.1 Å². The summed E-state index contributed by atoms with van der Waals surface area (Å²) in [6, 6.07) is 11.7. The van der Waals surface area contributed by atoms with Crippen LogP contribution in [-0.4, -0.2) is 43.1 Å². The van der Waals surface area contributed by atoms with Gasteiger partial charge in [-0.15, -0.1) is 0 Å². The monoisotopic (exact) mass is 343 g/mol. The Morgan fingerprint density at radius 1 is 1.20 bits per heavy atom. The molecule has 0 aliphatic heterocycles. The van der Waals surface area contributed by atoms with Gasteiger partial charge in [0, 0.05) is 32.2 Å². The smallest absolute Gasteiger partial charge is 0.197 e. The van der Waals surface area contributed by atoms with Crippen molar-refractivity contribution in [3.05, 3.63) is 48.8 Å². The highest BCUT2D eigenvalue weighted by Gasteiger charge is 2.18. The van der Waals surface area contributed by atoms with Crippen molar-refractivity contribution in [2.75, 3.05) is 32.3 Å². The number of hydrogen-bond acceptors (Lipinski definition) is 4. The lowest BCUT2D eigenvalue weighted by molar-refractivity contribution is -0.0696. The summed E-state index contributed by atoms with van der Waals surface area (Å²) in [5.41, 5.74) is 3.53. The van der Waals surface area contributed by atoms with E-state index in [0.29, 0.717) is 5.75 Å². The Morgan fingerprint density at radius 2 is 2.04 bits per heavy atom. The van der Waals surface area contributed by atoms with E-state index < -0.39 is 13.0 Å². The molecule has 2 heterocycles. The number of anilines is 1. The predicted molar refractivity (Wildman–Crippen MR) is 97.0 cm³/mol. The van der Waals surface area contributed by atoms with Crippen molar-refractivity contribution in [1.29, 1.82) is 0 Å². The van der Waals surface area contributed by atoms with E-state index >= 15 is 0 Å². The fourth-order valence-electron chi connectivity index (χ4n) is 2.73. The number of ether oxygens (including phenoxy) is 2. The highest BCUT2D eigenvalue weighted by molar-refractivity contribution is 5.82. The highest BCUT2D eigenvalue weighted by Crippen LogP contribution is 2.38. The van der Waals surface area contributed by atoms with Gasteiger partial charge >= 0.3 is 0 Å². The second-order valence-corrected chi connectivity index (χ2v) is 5.88. The lowest BCUT2D eigenvalue weighted by Crippen LogP contribution is -2.19. The molecule has 0 fully saturated rings. The number of imidazole rings is 1. The van der Waals surface area contributed by atoms with Gasteiger partial charge in [0.05, 0.1) is 17.9 Å². The Hall–Kier alpha value is -2.60. The molecule has 1 aromatic carbocycles. The number of rotatable bonds is 7. The standard InChI is InChI=1S/C19H22FN3O2/c1-14(24-12-10-20)25-17-8-6-7-16(22(2)3)19(17)15-13-23-11-5-4-9-18(23)21-15/h4-9,11,13-14H,10,12H2,1-3H3. The zero-order valence-electron chi connectivity index (χ0n) is 14.6. The van der Waals surface area contributed by atoms with E-state index in [4.69, 9.17) is 14.5 Å². The normalized spacial score (nSPS) is 12.3. The Kier molecular flexibility index (Phi) is 5.19. The first kappa shape index (κ1) is 17.2. The van der Waals surface area contributed by atoms with Crippen molar-refractivity contribution in [2.24, 2.45) is 0 Å². The summed E-state index contributed by atoms with van der Waals surface area (Å²) >= 11 is 0. The number of alkyl halides is 1. The zero-order chi connectivity index (χ0) is 17.8. The van der Waals surface area contributed by atoms with E-state index in [9.17, 15) is 4.39 Å².